The molecule has 0 amide bonds. The molecule has 2 heterocycles. The van der Waals surface area contributed by atoms with Crippen molar-refractivity contribution < 1.29 is 22.3 Å². The topological polar surface area (TPSA) is 14.2 Å². The molecular weight excluding hydrogens is 406 g/mol. The van der Waals surface area contributed by atoms with E-state index < -0.39 is 12.1 Å². The van der Waals surface area contributed by atoms with Crippen LogP contribution >= 0.6 is 0 Å². The first-order chi connectivity index (χ1) is 14.8. The van der Waals surface area contributed by atoms with Gasteiger partial charge in [0.1, 0.15) is 5.82 Å². The molecule has 164 valence electrons. The van der Waals surface area contributed by atoms with Crippen LogP contribution in [-0.2, 0) is 4.74 Å². The summed E-state index contributed by atoms with van der Waals surface area (Å²) in [6.07, 6.45) is -2.20. The molecule has 0 spiro atoms. The summed E-state index contributed by atoms with van der Waals surface area (Å²) in [5.74, 6) is -1.40. The Balaban J connectivity index is 1.71. The molecule has 1 aromatic heterocycles. The largest absolute Gasteiger partial charge is 0.391 e. The number of halogens is 4. The van der Waals surface area contributed by atoms with Gasteiger partial charge in [-0.15, -0.1) is 0 Å². The zero-order valence-electron chi connectivity index (χ0n) is 17.4. The molecule has 5 rings (SSSR count). The van der Waals surface area contributed by atoms with E-state index in [2.05, 4.69) is 4.57 Å². The number of benzene rings is 2. The van der Waals surface area contributed by atoms with Crippen molar-refractivity contribution in [1.82, 2.24) is 4.57 Å². The Kier molecular flexibility index (Phi) is 5.08. The van der Waals surface area contributed by atoms with Crippen LogP contribution in [0.5, 0.6) is 0 Å². The summed E-state index contributed by atoms with van der Waals surface area (Å²) in [6, 6.07) is 13.0. The molecular formula is C25H25F4NO. The van der Waals surface area contributed by atoms with Crippen molar-refractivity contribution in [3.63, 3.8) is 0 Å². The maximum atomic E-state index is 14.0. The molecule has 2 aliphatic rings. The Morgan fingerprint density at radius 1 is 0.968 bits per heavy atom. The molecule has 3 aromatic rings. The van der Waals surface area contributed by atoms with Gasteiger partial charge in [0, 0.05) is 35.9 Å². The van der Waals surface area contributed by atoms with Gasteiger partial charge >= 0.3 is 6.18 Å². The highest BCUT2D eigenvalue weighted by Crippen LogP contribution is 2.54. The van der Waals surface area contributed by atoms with Gasteiger partial charge in [0.2, 0.25) is 0 Å². The number of hydrogen-bond acceptors (Lipinski definition) is 1. The molecule has 31 heavy (non-hydrogen) atoms. The second-order valence-electron chi connectivity index (χ2n) is 8.88. The summed E-state index contributed by atoms with van der Waals surface area (Å²) in [5.41, 5.74) is 4.51. The van der Waals surface area contributed by atoms with Gasteiger partial charge in [0.15, 0.2) is 0 Å². The molecule has 2 fully saturated rings. The summed E-state index contributed by atoms with van der Waals surface area (Å²) in [7, 11) is 0. The standard InChI is InChI=1S/C25H25F4NO/c1-15-12-19(6-7-21(15)26)30-22-5-3-2-4-20(22)23(17-13-18(14-17)25(27,28)29)24(30)16-8-10-31-11-9-16/h2-7,12,16-18H,8-11,13-14H2,1H3. The summed E-state index contributed by atoms with van der Waals surface area (Å²) in [4.78, 5) is 0. The minimum Gasteiger partial charge on any atom is -0.381 e. The first-order valence-corrected chi connectivity index (χ1v) is 10.9. The SMILES string of the molecule is Cc1cc(-n2c(C3CCOCC3)c(C3CC(C(F)(F)F)C3)c3ccccc32)ccc1F. The molecule has 0 radical (unpaired) electrons. The Labute approximate surface area is 178 Å². The lowest BCUT2D eigenvalue weighted by Crippen LogP contribution is -2.35. The third kappa shape index (κ3) is 3.55. The van der Waals surface area contributed by atoms with Gasteiger partial charge in [-0.05, 0) is 73.9 Å². The summed E-state index contributed by atoms with van der Waals surface area (Å²) < 4.78 is 61.5. The quantitative estimate of drug-likeness (QED) is 0.406. The van der Waals surface area contributed by atoms with E-state index in [0.29, 0.717) is 18.8 Å². The number of hydrogen-bond donors (Lipinski definition) is 0. The van der Waals surface area contributed by atoms with Crippen LogP contribution in [0.3, 0.4) is 0 Å². The van der Waals surface area contributed by atoms with Crippen LogP contribution < -0.4 is 0 Å². The first kappa shape index (κ1) is 20.6. The lowest BCUT2D eigenvalue weighted by molar-refractivity contribution is -0.197. The number of alkyl halides is 3. The number of aryl methyl sites for hydroxylation is 1. The zero-order valence-corrected chi connectivity index (χ0v) is 17.4. The normalized spacial score (nSPS) is 22.6. The Morgan fingerprint density at radius 2 is 1.68 bits per heavy atom. The lowest BCUT2D eigenvalue weighted by atomic mass is 9.69. The predicted molar refractivity (Wildman–Crippen MR) is 112 cm³/mol. The maximum absolute atomic E-state index is 14.0. The minimum absolute atomic E-state index is 0.114. The average Bonchev–Trinajstić information content (AvgIpc) is 3.04. The van der Waals surface area contributed by atoms with E-state index in [9.17, 15) is 17.6 Å². The van der Waals surface area contributed by atoms with Crippen molar-refractivity contribution in [3.05, 3.63) is 65.1 Å². The van der Waals surface area contributed by atoms with Crippen LogP contribution in [0.2, 0.25) is 0 Å². The number of fused-ring (bicyclic) bond motifs is 1. The summed E-state index contributed by atoms with van der Waals surface area (Å²) >= 11 is 0. The fraction of sp³-hybridized carbons (Fsp3) is 0.440. The highest BCUT2D eigenvalue weighted by atomic mass is 19.4. The van der Waals surface area contributed by atoms with Crippen LogP contribution in [-0.4, -0.2) is 24.0 Å². The average molecular weight is 431 g/mol. The third-order valence-electron chi connectivity index (χ3n) is 6.97. The number of aromatic nitrogens is 1. The predicted octanol–water partition coefficient (Wildman–Crippen LogP) is 7.03. The van der Waals surface area contributed by atoms with Crippen molar-refractivity contribution in [2.75, 3.05) is 13.2 Å². The highest BCUT2D eigenvalue weighted by molar-refractivity contribution is 5.88. The number of para-hydroxylation sites is 1. The molecule has 0 bridgehead atoms. The smallest absolute Gasteiger partial charge is 0.381 e. The zero-order chi connectivity index (χ0) is 21.8. The minimum atomic E-state index is -4.14. The van der Waals surface area contributed by atoms with E-state index in [1.807, 2.05) is 30.3 Å². The molecule has 1 saturated heterocycles. The van der Waals surface area contributed by atoms with Crippen LogP contribution in [0.4, 0.5) is 17.6 Å². The monoisotopic (exact) mass is 431 g/mol. The number of rotatable bonds is 3. The van der Waals surface area contributed by atoms with Crippen molar-refractivity contribution in [2.45, 2.75) is 50.6 Å². The molecule has 1 aliphatic carbocycles. The van der Waals surface area contributed by atoms with E-state index >= 15 is 0 Å². The van der Waals surface area contributed by atoms with E-state index in [4.69, 9.17) is 4.74 Å². The second-order valence-corrected chi connectivity index (χ2v) is 8.88. The van der Waals surface area contributed by atoms with E-state index in [-0.39, 0.29) is 30.5 Å². The Bertz CT molecular complexity index is 1100. The molecule has 2 aromatic carbocycles. The fourth-order valence-electron chi connectivity index (χ4n) is 5.25. The molecule has 1 saturated carbocycles. The first-order valence-electron chi connectivity index (χ1n) is 10.9. The van der Waals surface area contributed by atoms with E-state index in [0.717, 1.165) is 40.7 Å². The Hall–Kier alpha value is -2.34. The van der Waals surface area contributed by atoms with Crippen LogP contribution in [0.1, 0.15) is 54.3 Å². The molecule has 0 unspecified atom stereocenters. The maximum Gasteiger partial charge on any atom is 0.391 e. The summed E-state index contributed by atoms with van der Waals surface area (Å²) in [6.45, 7) is 3.02. The Morgan fingerprint density at radius 3 is 2.35 bits per heavy atom. The lowest BCUT2D eigenvalue weighted by Gasteiger charge is -2.38. The van der Waals surface area contributed by atoms with Crippen LogP contribution in [0.25, 0.3) is 16.6 Å². The van der Waals surface area contributed by atoms with Gasteiger partial charge in [0.05, 0.1) is 11.4 Å². The molecule has 1 aliphatic heterocycles. The van der Waals surface area contributed by atoms with Gasteiger partial charge in [0.25, 0.3) is 0 Å². The summed E-state index contributed by atoms with van der Waals surface area (Å²) in [5, 5.41) is 1.01. The highest BCUT2D eigenvalue weighted by Gasteiger charge is 2.49. The van der Waals surface area contributed by atoms with Crippen molar-refractivity contribution >= 4 is 10.9 Å². The fourth-order valence-corrected chi connectivity index (χ4v) is 5.25. The van der Waals surface area contributed by atoms with E-state index in [1.54, 1.807) is 13.0 Å². The van der Waals surface area contributed by atoms with Gasteiger partial charge in [-0.1, -0.05) is 18.2 Å². The van der Waals surface area contributed by atoms with Crippen molar-refractivity contribution in [2.24, 2.45) is 5.92 Å². The van der Waals surface area contributed by atoms with Gasteiger partial charge < -0.3 is 9.30 Å². The van der Waals surface area contributed by atoms with Gasteiger partial charge in [-0.2, -0.15) is 13.2 Å². The van der Waals surface area contributed by atoms with Crippen LogP contribution in [0.15, 0.2) is 42.5 Å². The number of nitrogens with zero attached hydrogens (tertiary/aromatic N) is 1. The van der Waals surface area contributed by atoms with Crippen molar-refractivity contribution in [1.29, 1.82) is 0 Å². The third-order valence-corrected chi connectivity index (χ3v) is 6.97. The van der Waals surface area contributed by atoms with Gasteiger partial charge in [-0.25, -0.2) is 4.39 Å². The molecule has 6 heteroatoms. The van der Waals surface area contributed by atoms with E-state index in [1.165, 1.54) is 6.07 Å². The van der Waals surface area contributed by atoms with Gasteiger partial charge in [-0.3, -0.25) is 0 Å². The second kappa shape index (κ2) is 7.66. The number of ether oxygens (including phenoxy) is 1. The molecule has 0 N–H and O–H groups in total. The molecule has 0 atom stereocenters. The van der Waals surface area contributed by atoms with Crippen molar-refractivity contribution in [3.8, 4) is 5.69 Å². The molecule has 2 nitrogen and oxygen atoms in total. The van der Waals surface area contributed by atoms with Crippen LogP contribution in [0, 0.1) is 18.7 Å².